The predicted octanol–water partition coefficient (Wildman–Crippen LogP) is 2.61. The number of amides is 1. The lowest BCUT2D eigenvalue weighted by Gasteiger charge is -2.23. The molecule has 17 heavy (non-hydrogen) atoms. The summed E-state index contributed by atoms with van der Waals surface area (Å²) in [6, 6.07) is 4.76. The molecule has 1 heterocycles. The molecule has 2 rings (SSSR count). The zero-order valence-corrected chi connectivity index (χ0v) is 9.57. The van der Waals surface area contributed by atoms with E-state index in [0.717, 1.165) is 12.1 Å². The lowest BCUT2D eigenvalue weighted by atomic mass is 10.0. The fourth-order valence-electron chi connectivity index (χ4n) is 1.66. The van der Waals surface area contributed by atoms with E-state index in [4.69, 9.17) is 0 Å². The predicted molar refractivity (Wildman–Crippen MR) is 59.7 cm³/mol. The van der Waals surface area contributed by atoms with Gasteiger partial charge in [-0.2, -0.15) is 13.2 Å². The lowest BCUT2D eigenvalue weighted by molar-refractivity contribution is -0.137. The van der Waals surface area contributed by atoms with Gasteiger partial charge in [-0.3, -0.25) is 4.79 Å². The monoisotopic (exact) mass is 261 g/mol. The third kappa shape index (κ3) is 2.94. The Hall–Kier alpha value is -1.17. The maximum atomic E-state index is 12.5. The first kappa shape index (κ1) is 12.3. The molecule has 1 unspecified atom stereocenters. The largest absolute Gasteiger partial charge is 0.416 e. The van der Waals surface area contributed by atoms with Crippen molar-refractivity contribution in [2.24, 2.45) is 0 Å². The Bertz CT molecular complexity index is 433. The fourth-order valence-corrected chi connectivity index (χ4v) is 2.56. The molecule has 1 aliphatic heterocycles. The van der Waals surface area contributed by atoms with Gasteiger partial charge in [0.15, 0.2) is 0 Å². The molecule has 1 amide bonds. The molecule has 1 fully saturated rings. The normalized spacial score (nSPS) is 21.1. The standard InChI is InChI=1S/C11H10F3NOS/c12-11(13,14)8-3-1-2-7(4-8)9-5-17-6-10(16)15-9/h1-4,9H,5-6H2,(H,15,16). The van der Waals surface area contributed by atoms with Gasteiger partial charge in [-0.1, -0.05) is 12.1 Å². The molecule has 0 spiro atoms. The summed E-state index contributed by atoms with van der Waals surface area (Å²) in [5, 5.41) is 2.68. The summed E-state index contributed by atoms with van der Waals surface area (Å²) >= 11 is 1.43. The van der Waals surface area contributed by atoms with Crippen LogP contribution < -0.4 is 5.32 Å². The summed E-state index contributed by atoms with van der Waals surface area (Å²) in [5.74, 6) is 0.839. The van der Waals surface area contributed by atoms with Crippen LogP contribution in [0.25, 0.3) is 0 Å². The number of hydrogen-bond acceptors (Lipinski definition) is 2. The van der Waals surface area contributed by atoms with E-state index >= 15 is 0 Å². The summed E-state index contributed by atoms with van der Waals surface area (Å²) in [4.78, 5) is 11.2. The second-order valence-electron chi connectivity index (χ2n) is 3.76. The smallest absolute Gasteiger partial charge is 0.348 e. The van der Waals surface area contributed by atoms with Gasteiger partial charge in [-0.25, -0.2) is 0 Å². The van der Waals surface area contributed by atoms with Crippen LogP contribution in [0.2, 0.25) is 0 Å². The minimum atomic E-state index is -4.35. The van der Waals surface area contributed by atoms with Crippen LogP contribution in [0.3, 0.4) is 0 Å². The van der Waals surface area contributed by atoms with Crippen LogP contribution in [0, 0.1) is 0 Å². The molecule has 1 N–H and O–H groups in total. The molecule has 0 radical (unpaired) electrons. The van der Waals surface area contributed by atoms with Crippen LogP contribution in [0.4, 0.5) is 13.2 Å². The molecule has 1 aromatic rings. The molecular weight excluding hydrogens is 251 g/mol. The molecule has 92 valence electrons. The number of halogens is 3. The summed E-state index contributed by atoms with van der Waals surface area (Å²) in [6.45, 7) is 0. The van der Waals surface area contributed by atoms with Crippen LogP contribution >= 0.6 is 11.8 Å². The van der Waals surface area contributed by atoms with Gasteiger partial charge in [0.25, 0.3) is 0 Å². The molecule has 0 aromatic heterocycles. The van der Waals surface area contributed by atoms with E-state index in [0.29, 0.717) is 17.1 Å². The number of alkyl halides is 3. The number of hydrogen-bond donors (Lipinski definition) is 1. The third-order valence-corrected chi connectivity index (χ3v) is 3.50. The molecular formula is C11H10F3NOS. The quantitative estimate of drug-likeness (QED) is 0.842. The summed E-state index contributed by atoms with van der Waals surface area (Å²) < 4.78 is 37.6. The Labute approximate surface area is 101 Å². The van der Waals surface area contributed by atoms with E-state index in [1.54, 1.807) is 6.07 Å². The van der Waals surface area contributed by atoms with Crippen molar-refractivity contribution < 1.29 is 18.0 Å². The average Bonchev–Trinajstić information content (AvgIpc) is 2.28. The Balaban J connectivity index is 2.24. The molecule has 6 heteroatoms. The zero-order valence-electron chi connectivity index (χ0n) is 8.75. The van der Waals surface area contributed by atoms with E-state index in [1.807, 2.05) is 0 Å². The molecule has 0 aliphatic carbocycles. The van der Waals surface area contributed by atoms with Crippen LogP contribution in [0.5, 0.6) is 0 Å². The van der Waals surface area contributed by atoms with E-state index < -0.39 is 11.7 Å². The van der Waals surface area contributed by atoms with E-state index in [-0.39, 0.29) is 11.9 Å². The second kappa shape index (κ2) is 4.60. The van der Waals surface area contributed by atoms with Gasteiger partial charge in [-0.05, 0) is 17.7 Å². The van der Waals surface area contributed by atoms with E-state index in [1.165, 1.54) is 17.8 Å². The first-order chi connectivity index (χ1) is 7.97. The summed E-state index contributed by atoms with van der Waals surface area (Å²) in [5.41, 5.74) is -0.180. The Kier molecular flexibility index (Phi) is 3.33. The van der Waals surface area contributed by atoms with Crippen molar-refractivity contribution in [1.82, 2.24) is 5.32 Å². The molecule has 2 nitrogen and oxygen atoms in total. The van der Waals surface area contributed by atoms with Gasteiger partial charge in [0.1, 0.15) is 0 Å². The lowest BCUT2D eigenvalue weighted by Crippen LogP contribution is -2.35. The number of thioether (sulfide) groups is 1. The molecule has 1 atom stereocenters. The maximum absolute atomic E-state index is 12.5. The summed E-state index contributed by atoms with van der Waals surface area (Å²) in [6.07, 6.45) is -4.35. The number of nitrogens with one attached hydrogen (secondary N) is 1. The van der Waals surface area contributed by atoms with Crippen LogP contribution in [-0.4, -0.2) is 17.4 Å². The van der Waals surface area contributed by atoms with Crippen molar-refractivity contribution in [2.75, 3.05) is 11.5 Å². The van der Waals surface area contributed by atoms with E-state index in [2.05, 4.69) is 5.32 Å². The number of benzene rings is 1. The highest BCUT2D eigenvalue weighted by molar-refractivity contribution is 8.00. The van der Waals surface area contributed by atoms with Gasteiger partial charge < -0.3 is 5.32 Å². The van der Waals surface area contributed by atoms with E-state index in [9.17, 15) is 18.0 Å². The Morgan fingerprint density at radius 3 is 2.76 bits per heavy atom. The van der Waals surface area contributed by atoms with Crippen LogP contribution in [-0.2, 0) is 11.0 Å². The number of rotatable bonds is 1. The van der Waals surface area contributed by atoms with Crippen molar-refractivity contribution in [3.8, 4) is 0 Å². The highest BCUT2D eigenvalue weighted by Gasteiger charge is 2.31. The van der Waals surface area contributed by atoms with Crippen molar-refractivity contribution in [3.05, 3.63) is 35.4 Å². The average molecular weight is 261 g/mol. The van der Waals surface area contributed by atoms with Gasteiger partial charge in [0, 0.05) is 5.75 Å². The van der Waals surface area contributed by atoms with Crippen molar-refractivity contribution in [2.45, 2.75) is 12.2 Å². The van der Waals surface area contributed by atoms with Gasteiger partial charge in [0.05, 0.1) is 17.4 Å². The van der Waals surface area contributed by atoms with Crippen molar-refractivity contribution in [1.29, 1.82) is 0 Å². The van der Waals surface area contributed by atoms with Crippen LogP contribution in [0.15, 0.2) is 24.3 Å². The molecule has 1 aliphatic rings. The van der Waals surface area contributed by atoms with Gasteiger partial charge in [-0.15, -0.1) is 11.8 Å². The minimum absolute atomic E-state index is 0.135. The molecule has 0 bridgehead atoms. The minimum Gasteiger partial charge on any atom is -0.348 e. The van der Waals surface area contributed by atoms with Crippen LogP contribution in [0.1, 0.15) is 17.2 Å². The maximum Gasteiger partial charge on any atom is 0.416 e. The number of carbonyl (C=O) groups excluding carboxylic acids is 1. The topological polar surface area (TPSA) is 29.1 Å². The Morgan fingerprint density at radius 1 is 1.35 bits per heavy atom. The SMILES string of the molecule is O=C1CSCC(c2cccc(C(F)(F)F)c2)N1. The number of carbonyl (C=O) groups is 1. The Morgan fingerprint density at radius 2 is 2.12 bits per heavy atom. The molecule has 1 aromatic carbocycles. The van der Waals surface area contributed by atoms with Crippen molar-refractivity contribution >= 4 is 17.7 Å². The first-order valence-corrected chi connectivity index (χ1v) is 6.16. The first-order valence-electron chi connectivity index (χ1n) is 5.01. The highest BCUT2D eigenvalue weighted by Crippen LogP contribution is 2.31. The van der Waals surface area contributed by atoms with Crippen molar-refractivity contribution in [3.63, 3.8) is 0 Å². The third-order valence-electron chi connectivity index (χ3n) is 2.47. The molecule has 0 saturated carbocycles. The van der Waals surface area contributed by atoms with Gasteiger partial charge >= 0.3 is 6.18 Å². The zero-order chi connectivity index (χ0) is 12.5. The molecule has 1 saturated heterocycles. The second-order valence-corrected chi connectivity index (χ2v) is 4.79. The van der Waals surface area contributed by atoms with Gasteiger partial charge in [0.2, 0.25) is 5.91 Å². The fraction of sp³-hybridized carbons (Fsp3) is 0.364. The summed E-state index contributed by atoms with van der Waals surface area (Å²) in [7, 11) is 0. The highest BCUT2D eigenvalue weighted by atomic mass is 32.2.